The molecule has 1 saturated carbocycles. The van der Waals surface area contributed by atoms with Crippen molar-refractivity contribution in [3.8, 4) is 17.6 Å². The van der Waals surface area contributed by atoms with Crippen LogP contribution in [0, 0.1) is 23.2 Å². The van der Waals surface area contributed by atoms with Gasteiger partial charge >= 0.3 is 6.18 Å². The number of nitrogens with one attached hydrogen (secondary N) is 1. The summed E-state index contributed by atoms with van der Waals surface area (Å²) in [6.45, 7) is 9.09. The molecule has 40 heavy (non-hydrogen) atoms. The second-order valence-corrected chi connectivity index (χ2v) is 9.40. The summed E-state index contributed by atoms with van der Waals surface area (Å²) in [5.41, 5.74) is -0.0479. The Bertz CT molecular complexity index is 1020. The molecule has 1 aromatic carbocycles. The van der Waals surface area contributed by atoms with Crippen LogP contribution < -0.4 is 10.1 Å². The number of hydrogen-bond acceptors (Lipinski definition) is 7. The van der Waals surface area contributed by atoms with Gasteiger partial charge in [-0.05, 0) is 80.9 Å². The number of carbonyl (C=O) groups excluding carboxylic acids is 1. The highest BCUT2D eigenvalue weighted by Crippen LogP contribution is 2.32. The van der Waals surface area contributed by atoms with Crippen molar-refractivity contribution in [3.05, 3.63) is 52.8 Å². The number of phenols is 1. The molecule has 0 bridgehead atoms. The number of halogens is 3. The van der Waals surface area contributed by atoms with Crippen LogP contribution in [0.2, 0.25) is 0 Å². The Morgan fingerprint density at radius 2 is 1.75 bits per heavy atom. The van der Waals surface area contributed by atoms with E-state index in [1.54, 1.807) is 19.9 Å². The quantitative estimate of drug-likeness (QED) is 0.318. The van der Waals surface area contributed by atoms with Crippen LogP contribution in [0.4, 0.5) is 13.2 Å². The maximum absolute atomic E-state index is 12.4. The van der Waals surface area contributed by atoms with Crippen LogP contribution in [0.15, 0.2) is 30.3 Å². The molecule has 0 aliphatic heterocycles. The lowest BCUT2D eigenvalue weighted by atomic mass is 9.81. The van der Waals surface area contributed by atoms with Crippen molar-refractivity contribution in [2.24, 2.45) is 11.8 Å². The summed E-state index contributed by atoms with van der Waals surface area (Å²) in [5, 5.41) is 29.4. The van der Waals surface area contributed by atoms with Crippen molar-refractivity contribution in [1.82, 2.24) is 10.3 Å². The number of aromatic hydroxyl groups is 1. The van der Waals surface area contributed by atoms with E-state index in [0.29, 0.717) is 29.9 Å². The van der Waals surface area contributed by atoms with E-state index in [2.05, 4.69) is 10.3 Å². The van der Waals surface area contributed by atoms with Gasteiger partial charge in [-0.25, -0.2) is 4.98 Å². The molecule has 0 saturated heterocycles. The minimum absolute atomic E-state index is 0.0990. The number of rotatable bonds is 7. The number of pyridine rings is 1. The predicted molar refractivity (Wildman–Crippen MR) is 151 cm³/mol. The van der Waals surface area contributed by atoms with Gasteiger partial charge in [0.25, 0.3) is 0 Å². The third kappa shape index (κ3) is 13.3. The number of phenolic OH excluding ortho intramolecular Hbond substituents is 1. The molecule has 1 fully saturated rings. The van der Waals surface area contributed by atoms with Gasteiger partial charge in [0.2, 0.25) is 0 Å². The summed E-state index contributed by atoms with van der Waals surface area (Å²) in [6.07, 6.45) is 2.60. The third-order valence-electron chi connectivity index (χ3n) is 6.22. The Morgan fingerprint density at radius 3 is 2.20 bits per heavy atom. The van der Waals surface area contributed by atoms with Gasteiger partial charge in [0.05, 0.1) is 18.4 Å². The summed E-state index contributed by atoms with van der Waals surface area (Å²) in [5.74, 6) is 1.88. The monoisotopic (exact) mass is 567 g/mol. The van der Waals surface area contributed by atoms with Crippen molar-refractivity contribution in [3.63, 3.8) is 0 Å². The number of carbonyl (C=O) groups is 1. The maximum atomic E-state index is 12.4. The van der Waals surface area contributed by atoms with E-state index in [0.717, 1.165) is 24.3 Å². The minimum Gasteiger partial charge on any atom is -0.507 e. The highest BCUT2D eigenvalue weighted by atomic mass is 19.4. The second kappa shape index (κ2) is 19.8. The SMILES string of the molecule is CC.CNCC1CCC(CCO)CC1.COc1ccc(C(F)(F)F)nc1C(C)C.N#Cc1cc(C=O)ccc1O. The summed E-state index contributed by atoms with van der Waals surface area (Å²) in [4.78, 5) is 13.8. The molecule has 0 amide bonds. The van der Waals surface area contributed by atoms with E-state index in [1.807, 2.05) is 20.9 Å². The lowest BCUT2D eigenvalue weighted by molar-refractivity contribution is -0.141. The lowest BCUT2D eigenvalue weighted by Crippen LogP contribution is -2.24. The van der Waals surface area contributed by atoms with E-state index in [4.69, 9.17) is 20.2 Å². The number of aldehydes is 1. The third-order valence-corrected chi connectivity index (χ3v) is 6.22. The molecule has 224 valence electrons. The summed E-state index contributed by atoms with van der Waals surface area (Å²) in [6, 6.07) is 8.08. The number of alkyl halides is 3. The van der Waals surface area contributed by atoms with Crippen molar-refractivity contribution < 1.29 is 32.9 Å². The van der Waals surface area contributed by atoms with Crippen LogP contribution >= 0.6 is 0 Å². The molecule has 1 aliphatic carbocycles. The summed E-state index contributed by atoms with van der Waals surface area (Å²) in [7, 11) is 3.44. The average molecular weight is 568 g/mol. The van der Waals surface area contributed by atoms with Crippen LogP contribution in [0.1, 0.15) is 93.0 Å². The summed E-state index contributed by atoms with van der Waals surface area (Å²) < 4.78 is 42.0. The van der Waals surface area contributed by atoms with E-state index in [9.17, 15) is 18.0 Å². The van der Waals surface area contributed by atoms with E-state index < -0.39 is 11.9 Å². The molecule has 10 heteroatoms. The number of ether oxygens (including phenoxy) is 1. The average Bonchev–Trinajstić information content (AvgIpc) is 2.95. The van der Waals surface area contributed by atoms with Crippen LogP contribution in [0.25, 0.3) is 0 Å². The molecule has 0 unspecified atom stereocenters. The molecule has 3 rings (SSSR count). The fourth-order valence-corrected chi connectivity index (χ4v) is 4.12. The van der Waals surface area contributed by atoms with E-state index >= 15 is 0 Å². The Hall–Kier alpha value is -3.16. The molecule has 7 nitrogen and oxygen atoms in total. The molecule has 2 aromatic rings. The number of nitrogens with zero attached hydrogens (tertiary/aromatic N) is 2. The highest BCUT2D eigenvalue weighted by Gasteiger charge is 2.33. The first-order valence-corrected chi connectivity index (χ1v) is 13.6. The van der Waals surface area contributed by atoms with Gasteiger partial charge in [-0.2, -0.15) is 18.4 Å². The standard InChI is InChI=1S/C10H12F3NO.C10H21NO.C8H5NO2.C2H6/c1-6(2)9-7(15-3)4-5-8(14-9)10(11,12)13;1-11-8-10-4-2-9(3-5-10)6-7-12;9-4-7-3-6(5-10)1-2-8(7)11;1-2/h4-6H,1-3H3;9-12H,2-8H2,1H3;1-3,5,11H;1-2H3. The zero-order chi connectivity index (χ0) is 30.7. The first-order chi connectivity index (χ1) is 19.0. The zero-order valence-corrected chi connectivity index (χ0v) is 24.4. The van der Waals surface area contributed by atoms with Gasteiger partial charge in [-0.1, -0.05) is 40.5 Å². The minimum atomic E-state index is -4.41. The van der Waals surface area contributed by atoms with Gasteiger partial charge in [0.15, 0.2) is 0 Å². The largest absolute Gasteiger partial charge is 0.507 e. The Labute approximate surface area is 236 Å². The number of nitriles is 1. The molecule has 1 aliphatic rings. The summed E-state index contributed by atoms with van der Waals surface area (Å²) >= 11 is 0. The first kappa shape index (κ1) is 36.8. The van der Waals surface area contributed by atoms with Crippen molar-refractivity contribution in [2.45, 2.75) is 71.9 Å². The molecule has 1 aromatic heterocycles. The Balaban J connectivity index is 0.000000559. The number of benzene rings is 1. The van der Waals surface area contributed by atoms with Gasteiger partial charge in [0.1, 0.15) is 29.5 Å². The molecule has 1 heterocycles. The molecular weight excluding hydrogens is 523 g/mol. The molecule has 3 N–H and O–H groups in total. The van der Waals surface area contributed by atoms with Crippen LogP contribution in [0.3, 0.4) is 0 Å². The first-order valence-electron chi connectivity index (χ1n) is 13.6. The van der Waals surface area contributed by atoms with Crippen LogP contribution in [-0.4, -0.2) is 48.8 Å². The molecule has 0 radical (unpaired) electrons. The van der Waals surface area contributed by atoms with Crippen LogP contribution in [0.5, 0.6) is 11.5 Å². The van der Waals surface area contributed by atoms with E-state index in [-0.39, 0.29) is 17.2 Å². The Morgan fingerprint density at radius 1 is 1.15 bits per heavy atom. The van der Waals surface area contributed by atoms with Gasteiger partial charge in [-0.3, -0.25) is 4.79 Å². The highest BCUT2D eigenvalue weighted by molar-refractivity contribution is 5.76. The number of aliphatic hydroxyl groups is 1. The van der Waals surface area contributed by atoms with Crippen LogP contribution in [-0.2, 0) is 6.18 Å². The Kier molecular flexibility index (Phi) is 18.3. The molecule has 0 atom stereocenters. The zero-order valence-electron chi connectivity index (χ0n) is 24.4. The lowest BCUT2D eigenvalue weighted by Gasteiger charge is -2.27. The van der Waals surface area contributed by atoms with Crippen molar-refractivity contribution >= 4 is 6.29 Å². The number of hydrogen-bond donors (Lipinski definition) is 3. The van der Waals surface area contributed by atoms with Crippen molar-refractivity contribution in [1.29, 1.82) is 5.26 Å². The van der Waals surface area contributed by atoms with Gasteiger partial charge in [-0.15, -0.1) is 0 Å². The predicted octanol–water partition coefficient (Wildman–Crippen LogP) is 6.73. The van der Waals surface area contributed by atoms with Gasteiger partial charge in [0, 0.05) is 12.2 Å². The maximum Gasteiger partial charge on any atom is 0.433 e. The fraction of sp³-hybridized carbons (Fsp3) is 0.567. The van der Waals surface area contributed by atoms with Crippen molar-refractivity contribution in [2.75, 3.05) is 27.3 Å². The molecule has 0 spiro atoms. The second-order valence-electron chi connectivity index (χ2n) is 9.40. The van der Waals surface area contributed by atoms with Gasteiger partial charge < -0.3 is 20.3 Å². The normalized spacial score (nSPS) is 16.1. The number of methoxy groups -OCH3 is 1. The number of aliphatic hydroxyl groups excluding tert-OH is 1. The smallest absolute Gasteiger partial charge is 0.433 e. The topological polar surface area (TPSA) is 115 Å². The fourth-order valence-electron chi connectivity index (χ4n) is 4.12. The van der Waals surface area contributed by atoms with E-state index in [1.165, 1.54) is 63.6 Å². The number of aromatic nitrogens is 1. The molecular formula is C30H44F3N3O4.